The average Bonchev–Trinajstić information content (AvgIpc) is 2.70. The highest BCUT2D eigenvalue weighted by Gasteiger charge is 2.19. The normalized spacial score (nSPS) is 10.2. The van der Waals surface area contributed by atoms with Crippen molar-refractivity contribution >= 4 is 39.1 Å². The van der Waals surface area contributed by atoms with Crippen LogP contribution in [-0.4, -0.2) is 42.1 Å². The Morgan fingerprint density at radius 3 is 2.67 bits per heavy atom. The standard InChI is InChI=1S/C11H14BrNO4S/c1-3-13(5-4-9(14)15)11(16)8-6-7(17-2)10(12)18-8/h6H,3-5H2,1-2H3,(H,14,15). The van der Waals surface area contributed by atoms with Gasteiger partial charge in [0.05, 0.1) is 18.4 Å². The molecule has 0 atom stereocenters. The zero-order valence-corrected chi connectivity index (χ0v) is 12.5. The summed E-state index contributed by atoms with van der Waals surface area (Å²) in [7, 11) is 1.53. The minimum absolute atomic E-state index is 0.0523. The van der Waals surface area contributed by atoms with Crippen LogP contribution in [0.15, 0.2) is 9.85 Å². The highest BCUT2D eigenvalue weighted by atomic mass is 79.9. The summed E-state index contributed by atoms with van der Waals surface area (Å²) in [5.41, 5.74) is 0. The highest BCUT2D eigenvalue weighted by molar-refractivity contribution is 9.11. The molecular formula is C11H14BrNO4S. The first-order valence-electron chi connectivity index (χ1n) is 5.34. The Morgan fingerprint density at radius 2 is 2.22 bits per heavy atom. The van der Waals surface area contributed by atoms with Crippen molar-refractivity contribution < 1.29 is 19.4 Å². The fourth-order valence-electron chi connectivity index (χ4n) is 1.39. The van der Waals surface area contributed by atoms with Gasteiger partial charge >= 0.3 is 5.97 Å². The van der Waals surface area contributed by atoms with Crippen LogP contribution < -0.4 is 4.74 Å². The van der Waals surface area contributed by atoms with Crippen LogP contribution in [0.1, 0.15) is 23.0 Å². The minimum atomic E-state index is -0.911. The van der Waals surface area contributed by atoms with E-state index in [4.69, 9.17) is 9.84 Å². The van der Waals surface area contributed by atoms with Gasteiger partial charge in [-0.1, -0.05) is 0 Å². The third-order valence-corrected chi connectivity index (χ3v) is 4.12. The number of carbonyl (C=O) groups excluding carboxylic acids is 1. The van der Waals surface area contributed by atoms with Crippen molar-refractivity contribution in [3.8, 4) is 5.75 Å². The smallest absolute Gasteiger partial charge is 0.305 e. The van der Waals surface area contributed by atoms with Gasteiger partial charge in [0.25, 0.3) is 5.91 Å². The van der Waals surface area contributed by atoms with Gasteiger partial charge in [-0.15, -0.1) is 11.3 Å². The van der Waals surface area contributed by atoms with Gasteiger partial charge in [-0.3, -0.25) is 9.59 Å². The van der Waals surface area contributed by atoms with Crippen LogP contribution in [0.5, 0.6) is 5.75 Å². The number of hydrogen-bond donors (Lipinski definition) is 1. The lowest BCUT2D eigenvalue weighted by atomic mass is 10.3. The predicted octanol–water partition coefficient (Wildman–Crippen LogP) is 2.46. The van der Waals surface area contributed by atoms with Gasteiger partial charge in [0.2, 0.25) is 0 Å². The Morgan fingerprint density at radius 1 is 1.56 bits per heavy atom. The summed E-state index contributed by atoms with van der Waals surface area (Å²) in [6, 6.07) is 1.65. The first kappa shape index (κ1) is 15.0. The van der Waals surface area contributed by atoms with Gasteiger partial charge in [0, 0.05) is 19.2 Å². The van der Waals surface area contributed by atoms with Crippen molar-refractivity contribution in [1.29, 1.82) is 0 Å². The zero-order chi connectivity index (χ0) is 13.7. The van der Waals surface area contributed by atoms with Crippen molar-refractivity contribution in [3.05, 3.63) is 14.7 Å². The Hall–Kier alpha value is -1.08. The molecule has 7 heteroatoms. The molecule has 100 valence electrons. The maximum atomic E-state index is 12.1. The molecular weight excluding hydrogens is 322 g/mol. The molecule has 0 saturated carbocycles. The molecule has 1 N–H and O–H groups in total. The van der Waals surface area contributed by atoms with E-state index in [0.29, 0.717) is 17.2 Å². The Balaban J connectivity index is 2.79. The number of thiophene rings is 1. The van der Waals surface area contributed by atoms with Crippen molar-refractivity contribution in [2.45, 2.75) is 13.3 Å². The van der Waals surface area contributed by atoms with Crippen LogP contribution in [-0.2, 0) is 4.79 Å². The average molecular weight is 336 g/mol. The molecule has 0 aliphatic heterocycles. The molecule has 0 spiro atoms. The molecule has 1 rings (SSSR count). The summed E-state index contributed by atoms with van der Waals surface area (Å²) in [6.45, 7) is 2.51. The van der Waals surface area contributed by atoms with Crippen LogP contribution in [0.4, 0.5) is 0 Å². The van der Waals surface area contributed by atoms with E-state index in [1.807, 2.05) is 6.92 Å². The number of nitrogens with zero attached hydrogens (tertiary/aromatic N) is 1. The summed E-state index contributed by atoms with van der Waals surface area (Å²) in [5.74, 6) is -0.475. The first-order valence-corrected chi connectivity index (χ1v) is 6.95. The van der Waals surface area contributed by atoms with Crippen LogP contribution in [0, 0.1) is 0 Å². The summed E-state index contributed by atoms with van der Waals surface area (Å²) < 4.78 is 5.84. The maximum Gasteiger partial charge on any atom is 0.305 e. The first-order chi connectivity index (χ1) is 8.49. The van der Waals surface area contributed by atoms with Crippen molar-refractivity contribution in [3.63, 3.8) is 0 Å². The SMILES string of the molecule is CCN(CCC(=O)O)C(=O)c1cc(OC)c(Br)s1. The lowest BCUT2D eigenvalue weighted by Gasteiger charge is -2.18. The summed E-state index contributed by atoms with van der Waals surface area (Å²) >= 11 is 4.59. The van der Waals surface area contributed by atoms with E-state index in [2.05, 4.69) is 15.9 Å². The van der Waals surface area contributed by atoms with Crippen LogP contribution in [0.25, 0.3) is 0 Å². The van der Waals surface area contributed by atoms with Crippen LogP contribution >= 0.6 is 27.3 Å². The van der Waals surface area contributed by atoms with Crippen LogP contribution in [0.2, 0.25) is 0 Å². The maximum absolute atomic E-state index is 12.1. The number of rotatable bonds is 6. The van der Waals surface area contributed by atoms with E-state index < -0.39 is 5.97 Å². The largest absolute Gasteiger partial charge is 0.495 e. The topological polar surface area (TPSA) is 66.8 Å². The quantitative estimate of drug-likeness (QED) is 0.867. The number of halogens is 1. The molecule has 0 bridgehead atoms. The second kappa shape index (κ2) is 6.75. The summed E-state index contributed by atoms with van der Waals surface area (Å²) in [6.07, 6.45) is -0.0523. The van der Waals surface area contributed by atoms with Gasteiger partial charge in [0.15, 0.2) is 0 Å². The molecule has 1 amide bonds. The molecule has 1 aromatic heterocycles. The number of carboxylic acid groups (broad SMARTS) is 1. The van der Waals surface area contributed by atoms with E-state index in [1.54, 1.807) is 6.07 Å². The van der Waals surface area contributed by atoms with Gasteiger partial charge in [-0.2, -0.15) is 0 Å². The monoisotopic (exact) mass is 335 g/mol. The Bertz CT molecular complexity index is 446. The molecule has 0 aliphatic carbocycles. The third kappa shape index (κ3) is 3.71. The van der Waals surface area contributed by atoms with Crippen molar-refractivity contribution in [1.82, 2.24) is 4.90 Å². The fraction of sp³-hybridized carbons (Fsp3) is 0.455. The summed E-state index contributed by atoms with van der Waals surface area (Å²) in [4.78, 5) is 24.7. The van der Waals surface area contributed by atoms with E-state index >= 15 is 0 Å². The number of methoxy groups -OCH3 is 1. The van der Waals surface area contributed by atoms with Gasteiger partial charge < -0.3 is 14.7 Å². The molecule has 0 radical (unpaired) electrons. The van der Waals surface area contributed by atoms with Gasteiger partial charge in [-0.25, -0.2) is 0 Å². The molecule has 1 heterocycles. The molecule has 1 aromatic rings. The third-order valence-electron chi connectivity index (χ3n) is 2.35. The van der Waals surface area contributed by atoms with Gasteiger partial charge in [0.1, 0.15) is 9.54 Å². The van der Waals surface area contributed by atoms with E-state index in [9.17, 15) is 9.59 Å². The zero-order valence-electron chi connectivity index (χ0n) is 10.1. The lowest BCUT2D eigenvalue weighted by Crippen LogP contribution is -2.32. The molecule has 18 heavy (non-hydrogen) atoms. The molecule has 0 fully saturated rings. The number of amides is 1. The second-order valence-corrected chi connectivity index (χ2v) is 5.85. The van der Waals surface area contributed by atoms with Crippen molar-refractivity contribution in [2.75, 3.05) is 20.2 Å². The van der Waals surface area contributed by atoms with Crippen molar-refractivity contribution in [2.24, 2.45) is 0 Å². The summed E-state index contributed by atoms with van der Waals surface area (Å²) in [5, 5.41) is 8.63. The molecule has 0 saturated heterocycles. The molecule has 0 aliphatic rings. The van der Waals surface area contributed by atoms with Crippen LogP contribution in [0.3, 0.4) is 0 Å². The Kier molecular flexibility index (Phi) is 5.61. The minimum Gasteiger partial charge on any atom is -0.495 e. The van der Waals surface area contributed by atoms with E-state index in [-0.39, 0.29) is 18.9 Å². The number of hydrogen-bond acceptors (Lipinski definition) is 4. The number of ether oxygens (including phenoxy) is 1. The number of aliphatic carboxylic acids is 1. The van der Waals surface area contributed by atoms with E-state index in [0.717, 1.165) is 3.79 Å². The molecule has 0 unspecified atom stereocenters. The number of carboxylic acids is 1. The van der Waals surface area contributed by atoms with E-state index in [1.165, 1.54) is 23.3 Å². The second-order valence-electron chi connectivity index (χ2n) is 3.48. The molecule has 5 nitrogen and oxygen atoms in total. The Labute approximate surface area is 117 Å². The lowest BCUT2D eigenvalue weighted by molar-refractivity contribution is -0.137. The fourth-order valence-corrected chi connectivity index (χ4v) is 3.00. The molecule has 0 aromatic carbocycles. The predicted molar refractivity (Wildman–Crippen MR) is 72.4 cm³/mol. The highest BCUT2D eigenvalue weighted by Crippen LogP contribution is 2.34. The van der Waals surface area contributed by atoms with Gasteiger partial charge in [-0.05, 0) is 22.9 Å². The number of carbonyl (C=O) groups is 2.